The van der Waals surface area contributed by atoms with E-state index in [9.17, 15) is 9.18 Å². The summed E-state index contributed by atoms with van der Waals surface area (Å²) in [5.41, 5.74) is 2.06. The van der Waals surface area contributed by atoms with E-state index in [1.165, 1.54) is 37.8 Å². The van der Waals surface area contributed by atoms with Gasteiger partial charge < -0.3 is 15.3 Å². The third-order valence-corrected chi connectivity index (χ3v) is 6.97. The van der Waals surface area contributed by atoms with Crippen LogP contribution in [0.5, 0.6) is 0 Å². The maximum atomic E-state index is 13.4. The van der Waals surface area contributed by atoms with E-state index in [1.54, 1.807) is 18.0 Å². The standard InChI is InChI=1S/C23H29FN4OS.CH4O/c1-22(2,3)27-30-16-7-8-17(21(29)26-20-6-4-5-19(24)25-20)18(15-16)28-13-11-23(9-10-23)12-14-28;1-2/h4-8,15,27H,9-14H2,1-3H3,(H,25,26,29);2H,1H3. The van der Waals surface area contributed by atoms with Crippen LogP contribution >= 0.6 is 11.9 Å². The fraction of sp³-hybridized carbons (Fsp3) is 0.500. The Hall–Kier alpha value is -2.16. The first-order chi connectivity index (χ1) is 15.2. The zero-order valence-corrected chi connectivity index (χ0v) is 20.1. The van der Waals surface area contributed by atoms with Gasteiger partial charge in [0.1, 0.15) is 5.82 Å². The smallest absolute Gasteiger partial charge is 0.258 e. The molecule has 174 valence electrons. The maximum Gasteiger partial charge on any atom is 0.258 e. The molecule has 1 aromatic carbocycles. The predicted molar refractivity (Wildman–Crippen MR) is 129 cm³/mol. The summed E-state index contributed by atoms with van der Waals surface area (Å²) in [7, 11) is 1.00. The van der Waals surface area contributed by atoms with Gasteiger partial charge in [-0.1, -0.05) is 6.07 Å². The van der Waals surface area contributed by atoms with Crippen LogP contribution in [0.1, 0.15) is 56.8 Å². The summed E-state index contributed by atoms with van der Waals surface area (Å²) in [6, 6.07) is 10.3. The van der Waals surface area contributed by atoms with Crippen LogP contribution in [0.4, 0.5) is 15.9 Å². The highest BCUT2D eigenvalue weighted by molar-refractivity contribution is 7.97. The van der Waals surface area contributed by atoms with Crippen molar-refractivity contribution < 1.29 is 14.3 Å². The first kappa shape index (κ1) is 24.5. The Morgan fingerprint density at radius 2 is 1.81 bits per heavy atom. The van der Waals surface area contributed by atoms with E-state index in [2.05, 4.69) is 46.8 Å². The Balaban J connectivity index is 0.00000141. The number of aromatic nitrogens is 1. The van der Waals surface area contributed by atoms with Crippen molar-refractivity contribution in [1.82, 2.24) is 9.71 Å². The molecule has 8 heteroatoms. The fourth-order valence-corrected chi connectivity index (χ4v) is 4.53. The number of carbonyl (C=O) groups excluding carboxylic acids is 1. The van der Waals surface area contributed by atoms with Crippen molar-refractivity contribution in [2.24, 2.45) is 5.41 Å². The highest BCUT2D eigenvalue weighted by Gasteiger charge is 2.44. The lowest BCUT2D eigenvalue weighted by atomic mass is 9.93. The van der Waals surface area contributed by atoms with Crippen molar-refractivity contribution in [1.29, 1.82) is 0 Å². The molecule has 0 radical (unpaired) electrons. The normalized spacial score (nSPS) is 16.9. The molecular formula is C24H33FN4O2S. The SMILES string of the molecule is CC(C)(C)NSc1ccc(C(=O)Nc2cccc(F)n2)c(N2CCC3(CC2)CC3)c1.CO. The van der Waals surface area contributed by atoms with E-state index in [1.807, 2.05) is 12.1 Å². The van der Waals surface area contributed by atoms with Gasteiger partial charge in [0.2, 0.25) is 5.95 Å². The largest absolute Gasteiger partial charge is 0.400 e. The van der Waals surface area contributed by atoms with E-state index >= 15 is 0 Å². The number of aliphatic hydroxyl groups excluding tert-OH is 1. The van der Waals surface area contributed by atoms with Crippen molar-refractivity contribution >= 4 is 29.4 Å². The Kier molecular flexibility index (Phi) is 7.79. The molecule has 2 fully saturated rings. The van der Waals surface area contributed by atoms with E-state index in [0.29, 0.717) is 11.0 Å². The minimum absolute atomic E-state index is 0.0204. The van der Waals surface area contributed by atoms with Gasteiger partial charge in [-0.3, -0.25) is 9.52 Å². The molecule has 4 rings (SSSR count). The number of nitrogens with one attached hydrogen (secondary N) is 2. The Morgan fingerprint density at radius 3 is 2.41 bits per heavy atom. The summed E-state index contributed by atoms with van der Waals surface area (Å²) in [6.07, 6.45) is 5.03. The van der Waals surface area contributed by atoms with Crippen LogP contribution in [0.25, 0.3) is 0 Å². The number of halogens is 1. The number of pyridine rings is 1. The predicted octanol–water partition coefficient (Wildman–Crippen LogP) is 4.86. The molecule has 32 heavy (non-hydrogen) atoms. The minimum atomic E-state index is -0.612. The number of hydrogen-bond acceptors (Lipinski definition) is 6. The number of hydrogen-bond donors (Lipinski definition) is 3. The van der Waals surface area contributed by atoms with E-state index in [0.717, 1.165) is 30.8 Å². The number of carbonyl (C=O) groups is 1. The number of aliphatic hydroxyl groups is 1. The van der Waals surface area contributed by atoms with E-state index < -0.39 is 5.95 Å². The first-order valence-electron chi connectivity index (χ1n) is 10.9. The van der Waals surface area contributed by atoms with Gasteiger partial charge in [-0.05, 0) is 94.1 Å². The van der Waals surface area contributed by atoms with Crippen LogP contribution in [-0.2, 0) is 0 Å². The lowest BCUT2D eigenvalue weighted by Gasteiger charge is -2.35. The summed E-state index contributed by atoms with van der Waals surface area (Å²) >= 11 is 1.57. The van der Waals surface area contributed by atoms with Crippen LogP contribution in [0.3, 0.4) is 0 Å². The molecule has 1 aromatic heterocycles. The van der Waals surface area contributed by atoms with Crippen LogP contribution in [-0.4, -0.2) is 41.7 Å². The Bertz CT molecular complexity index is 934. The maximum absolute atomic E-state index is 13.4. The number of benzene rings is 1. The number of piperidine rings is 1. The fourth-order valence-electron chi connectivity index (χ4n) is 3.80. The molecule has 2 aromatic rings. The van der Waals surface area contributed by atoms with Gasteiger partial charge in [-0.25, -0.2) is 4.98 Å². The molecule has 1 aliphatic heterocycles. The molecule has 6 nitrogen and oxygen atoms in total. The van der Waals surface area contributed by atoms with Crippen LogP contribution in [0.15, 0.2) is 41.3 Å². The average Bonchev–Trinajstić information content (AvgIpc) is 3.52. The van der Waals surface area contributed by atoms with Crippen molar-refractivity contribution in [2.45, 2.75) is 56.9 Å². The van der Waals surface area contributed by atoms with Gasteiger partial charge in [0.05, 0.1) is 11.3 Å². The van der Waals surface area contributed by atoms with Crippen LogP contribution in [0, 0.1) is 11.4 Å². The van der Waals surface area contributed by atoms with Crippen molar-refractivity contribution in [3.63, 3.8) is 0 Å². The van der Waals surface area contributed by atoms with E-state index in [-0.39, 0.29) is 17.3 Å². The van der Waals surface area contributed by atoms with Gasteiger partial charge >= 0.3 is 0 Å². The summed E-state index contributed by atoms with van der Waals surface area (Å²) in [5.74, 6) is -0.664. The summed E-state index contributed by atoms with van der Waals surface area (Å²) in [4.78, 5) is 20.2. The molecule has 1 saturated heterocycles. The Morgan fingerprint density at radius 1 is 1.12 bits per heavy atom. The Labute approximate surface area is 194 Å². The molecule has 1 spiro atoms. The quantitative estimate of drug-likeness (QED) is 0.437. The molecule has 0 bridgehead atoms. The van der Waals surface area contributed by atoms with Crippen molar-refractivity contribution in [3.8, 4) is 0 Å². The van der Waals surface area contributed by atoms with Gasteiger partial charge in [-0.15, -0.1) is 0 Å². The molecule has 0 atom stereocenters. The molecule has 1 amide bonds. The lowest BCUT2D eigenvalue weighted by molar-refractivity contribution is 0.102. The molecule has 0 unspecified atom stereocenters. The molecular weight excluding hydrogens is 427 g/mol. The first-order valence-corrected chi connectivity index (χ1v) is 11.8. The van der Waals surface area contributed by atoms with Gasteiger partial charge in [0.15, 0.2) is 0 Å². The third-order valence-electron chi connectivity index (χ3n) is 5.77. The molecule has 3 N–H and O–H groups in total. The third kappa shape index (κ3) is 6.43. The van der Waals surface area contributed by atoms with Crippen LogP contribution < -0.4 is 14.9 Å². The molecule has 1 aliphatic carbocycles. The minimum Gasteiger partial charge on any atom is -0.400 e. The zero-order valence-electron chi connectivity index (χ0n) is 19.2. The second-order valence-corrected chi connectivity index (χ2v) is 10.3. The zero-order chi connectivity index (χ0) is 23.4. The summed E-state index contributed by atoms with van der Waals surface area (Å²) < 4.78 is 16.9. The lowest BCUT2D eigenvalue weighted by Crippen LogP contribution is -2.35. The molecule has 2 heterocycles. The topological polar surface area (TPSA) is 77.5 Å². The molecule has 1 saturated carbocycles. The second-order valence-electron chi connectivity index (χ2n) is 9.42. The van der Waals surface area contributed by atoms with Gasteiger partial charge in [0.25, 0.3) is 5.91 Å². The average molecular weight is 461 g/mol. The number of nitrogens with zero attached hydrogens (tertiary/aromatic N) is 2. The van der Waals surface area contributed by atoms with Gasteiger partial charge in [-0.2, -0.15) is 4.39 Å². The monoisotopic (exact) mass is 460 g/mol. The second kappa shape index (κ2) is 10.2. The number of amides is 1. The summed E-state index contributed by atoms with van der Waals surface area (Å²) in [5, 5.41) is 9.74. The number of anilines is 2. The molecule has 2 aliphatic rings. The van der Waals surface area contributed by atoms with Gasteiger partial charge in [0, 0.05) is 30.6 Å². The highest BCUT2D eigenvalue weighted by atomic mass is 32.2. The van der Waals surface area contributed by atoms with Crippen molar-refractivity contribution in [2.75, 3.05) is 30.4 Å². The van der Waals surface area contributed by atoms with Crippen molar-refractivity contribution in [3.05, 3.63) is 47.9 Å². The summed E-state index contributed by atoms with van der Waals surface area (Å²) in [6.45, 7) is 8.27. The van der Waals surface area contributed by atoms with E-state index in [4.69, 9.17) is 5.11 Å². The van der Waals surface area contributed by atoms with Crippen LogP contribution in [0.2, 0.25) is 0 Å². The highest BCUT2D eigenvalue weighted by Crippen LogP contribution is 2.54. The number of rotatable bonds is 5.